The number of piperidine rings is 1. The molecule has 12 heteroatoms. The SMILES string of the molecule is CC(C)Nc1cc(-c2ccc3cc(C#N)cnn23)ncc1-c1nnc(N2CC3CC[C@@H](C2)[C@@H]3NC(=O)O)s1. The molecule has 194 valence electrons. The van der Waals surface area contributed by atoms with Gasteiger partial charge >= 0.3 is 6.09 Å². The normalized spacial score (nSPS) is 20.6. The van der Waals surface area contributed by atoms with Crippen LogP contribution in [0.4, 0.5) is 15.6 Å². The van der Waals surface area contributed by atoms with Crippen molar-refractivity contribution in [1.29, 1.82) is 5.26 Å². The van der Waals surface area contributed by atoms with E-state index in [4.69, 9.17) is 4.98 Å². The van der Waals surface area contributed by atoms with E-state index >= 15 is 0 Å². The van der Waals surface area contributed by atoms with Crippen molar-refractivity contribution >= 4 is 33.8 Å². The van der Waals surface area contributed by atoms with E-state index in [-0.39, 0.29) is 23.9 Å². The first-order chi connectivity index (χ1) is 18.4. The van der Waals surface area contributed by atoms with Gasteiger partial charge in [0.1, 0.15) is 6.07 Å². The third kappa shape index (κ3) is 4.39. The van der Waals surface area contributed by atoms with Crippen LogP contribution >= 0.6 is 11.3 Å². The summed E-state index contributed by atoms with van der Waals surface area (Å²) in [5.74, 6) is 0.567. The quantitative estimate of drug-likeness (QED) is 0.336. The van der Waals surface area contributed by atoms with Crippen molar-refractivity contribution in [1.82, 2.24) is 30.1 Å². The highest BCUT2D eigenvalue weighted by atomic mass is 32.1. The lowest BCUT2D eigenvalue weighted by Gasteiger charge is -2.37. The summed E-state index contributed by atoms with van der Waals surface area (Å²) in [6.45, 7) is 5.70. The molecule has 1 aliphatic carbocycles. The van der Waals surface area contributed by atoms with Gasteiger partial charge in [0, 0.05) is 37.1 Å². The number of pyridine rings is 1. The maximum atomic E-state index is 11.2. The first kappa shape index (κ1) is 24.1. The van der Waals surface area contributed by atoms with Crippen LogP contribution in [0.2, 0.25) is 0 Å². The maximum absolute atomic E-state index is 11.2. The molecule has 3 atom stereocenters. The summed E-state index contributed by atoms with van der Waals surface area (Å²) in [5.41, 5.74) is 4.69. The molecule has 0 aromatic carbocycles. The first-order valence-electron chi connectivity index (χ1n) is 12.6. The third-order valence-electron chi connectivity index (χ3n) is 7.28. The number of anilines is 2. The Bertz CT molecular complexity index is 1540. The highest BCUT2D eigenvalue weighted by Gasteiger charge is 2.43. The van der Waals surface area contributed by atoms with Gasteiger partial charge in [-0.1, -0.05) is 11.3 Å². The summed E-state index contributed by atoms with van der Waals surface area (Å²) in [6.07, 6.45) is 4.46. The van der Waals surface area contributed by atoms with Crippen molar-refractivity contribution in [3.05, 3.63) is 42.2 Å². The monoisotopic (exact) mass is 529 g/mol. The second-order valence-electron chi connectivity index (χ2n) is 10.2. The fraction of sp³-hybridized carbons (Fsp3) is 0.385. The van der Waals surface area contributed by atoms with E-state index in [1.165, 1.54) is 11.3 Å². The number of nitrogens with zero attached hydrogens (tertiary/aromatic N) is 7. The lowest BCUT2D eigenvalue weighted by molar-refractivity contribution is 0.178. The summed E-state index contributed by atoms with van der Waals surface area (Å²) >= 11 is 1.53. The zero-order valence-electron chi connectivity index (χ0n) is 21.0. The topological polar surface area (TPSA) is 144 Å². The van der Waals surface area contributed by atoms with E-state index < -0.39 is 6.09 Å². The first-order valence-corrected chi connectivity index (χ1v) is 13.4. The molecule has 38 heavy (non-hydrogen) atoms. The van der Waals surface area contributed by atoms with Gasteiger partial charge in [-0.25, -0.2) is 9.31 Å². The number of hydrogen-bond donors (Lipinski definition) is 3. The standard InChI is InChI=1S/C26H27N9O2S/c1-14(2)30-20-8-21(22-6-5-18-7-15(9-27)10-29-35(18)22)28-11-19(20)24-32-33-25(38-24)34-12-16-3-4-17(13-34)23(16)31-26(36)37/h5-8,10-11,14,16-17,23,31H,3-4,12-13H2,1-2H3,(H,28,30)(H,36,37)/t16-,17?,23-/m0/s1. The lowest BCUT2D eigenvalue weighted by Crippen LogP contribution is -2.52. The average molecular weight is 530 g/mol. The minimum absolute atomic E-state index is 0.0147. The smallest absolute Gasteiger partial charge is 0.404 e. The van der Waals surface area contributed by atoms with Gasteiger partial charge in [-0.3, -0.25) is 4.98 Å². The summed E-state index contributed by atoms with van der Waals surface area (Å²) < 4.78 is 1.78. The Balaban J connectivity index is 1.29. The van der Waals surface area contributed by atoms with Crippen LogP contribution in [0.25, 0.3) is 27.5 Å². The molecule has 1 saturated carbocycles. The predicted molar refractivity (Wildman–Crippen MR) is 144 cm³/mol. The van der Waals surface area contributed by atoms with Crippen LogP contribution in [0.3, 0.4) is 0 Å². The number of rotatable bonds is 6. The number of aromatic nitrogens is 5. The Labute approximate surface area is 223 Å². The van der Waals surface area contributed by atoms with Crippen LogP contribution < -0.4 is 15.5 Å². The van der Waals surface area contributed by atoms with Gasteiger partial charge in [0.25, 0.3) is 0 Å². The van der Waals surface area contributed by atoms with Crippen LogP contribution in [0.1, 0.15) is 32.3 Å². The molecule has 5 heterocycles. The van der Waals surface area contributed by atoms with Gasteiger partial charge in [-0.05, 0) is 62.8 Å². The predicted octanol–water partition coefficient (Wildman–Crippen LogP) is 4.09. The van der Waals surface area contributed by atoms with Gasteiger partial charge in [0.05, 0.1) is 34.2 Å². The Morgan fingerprint density at radius 2 is 1.97 bits per heavy atom. The second kappa shape index (κ2) is 9.57. The minimum Gasteiger partial charge on any atom is -0.465 e. The molecule has 1 amide bonds. The van der Waals surface area contributed by atoms with Crippen molar-refractivity contribution in [3.8, 4) is 28.0 Å². The lowest BCUT2D eigenvalue weighted by atomic mass is 9.92. The molecule has 2 aliphatic rings. The van der Waals surface area contributed by atoms with E-state index in [1.807, 2.05) is 24.4 Å². The van der Waals surface area contributed by atoms with Gasteiger partial charge in [0.15, 0.2) is 5.01 Å². The molecule has 3 N–H and O–H groups in total. The molecular weight excluding hydrogens is 502 g/mol. The van der Waals surface area contributed by atoms with E-state index in [0.717, 1.165) is 64.2 Å². The molecule has 0 radical (unpaired) electrons. The molecule has 1 aliphatic heterocycles. The van der Waals surface area contributed by atoms with Gasteiger partial charge < -0.3 is 20.6 Å². The number of nitrogens with one attached hydrogen (secondary N) is 2. The number of carbonyl (C=O) groups is 1. The largest absolute Gasteiger partial charge is 0.465 e. The van der Waals surface area contributed by atoms with Crippen LogP contribution in [0, 0.1) is 23.2 Å². The highest BCUT2D eigenvalue weighted by molar-refractivity contribution is 7.18. The highest BCUT2D eigenvalue weighted by Crippen LogP contribution is 2.41. The van der Waals surface area contributed by atoms with Crippen molar-refractivity contribution in [2.75, 3.05) is 23.3 Å². The Hall–Kier alpha value is -4.24. The Morgan fingerprint density at radius 3 is 2.68 bits per heavy atom. The second-order valence-corrected chi connectivity index (χ2v) is 11.1. The fourth-order valence-electron chi connectivity index (χ4n) is 5.66. The van der Waals surface area contributed by atoms with Crippen molar-refractivity contribution in [3.63, 3.8) is 0 Å². The Kier molecular flexibility index (Phi) is 6.07. The van der Waals surface area contributed by atoms with Crippen LogP contribution in [0.15, 0.2) is 36.7 Å². The molecular formula is C26H27N9O2S. The van der Waals surface area contributed by atoms with Crippen molar-refractivity contribution in [2.24, 2.45) is 11.8 Å². The molecule has 4 aromatic heterocycles. The van der Waals surface area contributed by atoms with Crippen LogP contribution in [-0.2, 0) is 0 Å². The van der Waals surface area contributed by atoms with Crippen molar-refractivity contribution < 1.29 is 9.90 Å². The Morgan fingerprint density at radius 1 is 1.18 bits per heavy atom. The van der Waals surface area contributed by atoms with Gasteiger partial charge in [-0.15, -0.1) is 10.2 Å². The molecule has 6 rings (SSSR count). The number of amides is 1. The van der Waals surface area contributed by atoms with E-state index in [1.54, 1.807) is 16.8 Å². The van der Waals surface area contributed by atoms with Crippen LogP contribution in [0.5, 0.6) is 0 Å². The van der Waals surface area contributed by atoms with Crippen molar-refractivity contribution in [2.45, 2.75) is 38.8 Å². The summed E-state index contributed by atoms with van der Waals surface area (Å²) in [7, 11) is 0. The zero-order valence-corrected chi connectivity index (χ0v) is 21.8. The number of carboxylic acid groups (broad SMARTS) is 1. The summed E-state index contributed by atoms with van der Waals surface area (Å²) in [5, 5.41) is 39.7. The van der Waals surface area contributed by atoms with E-state index in [9.17, 15) is 15.2 Å². The number of hydrogen-bond acceptors (Lipinski definition) is 9. The molecule has 0 spiro atoms. The zero-order chi connectivity index (χ0) is 26.4. The van der Waals surface area contributed by atoms with Crippen LogP contribution in [-0.4, -0.2) is 61.2 Å². The fourth-order valence-corrected chi connectivity index (χ4v) is 6.55. The van der Waals surface area contributed by atoms with E-state index in [2.05, 4.69) is 50.7 Å². The number of fused-ring (bicyclic) bond motifs is 3. The molecule has 1 saturated heterocycles. The molecule has 1 unspecified atom stereocenters. The molecule has 11 nitrogen and oxygen atoms in total. The summed E-state index contributed by atoms with van der Waals surface area (Å²) in [4.78, 5) is 18.2. The molecule has 2 fully saturated rings. The van der Waals surface area contributed by atoms with Gasteiger partial charge in [-0.2, -0.15) is 10.4 Å². The average Bonchev–Trinajstić information content (AvgIpc) is 3.59. The maximum Gasteiger partial charge on any atom is 0.404 e. The van der Waals surface area contributed by atoms with Gasteiger partial charge in [0.2, 0.25) is 5.13 Å². The van der Waals surface area contributed by atoms with E-state index in [0.29, 0.717) is 5.56 Å². The minimum atomic E-state index is -0.949. The molecule has 4 aromatic rings. The molecule has 2 bridgehead atoms. The summed E-state index contributed by atoms with van der Waals surface area (Å²) in [6, 6.07) is 10.0. The third-order valence-corrected chi connectivity index (χ3v) is 8.30. The number of nitriles is 1.